The van der Waals surface area contributed by atoms with Crippen molar-refractivity contribution in [3.63, 3.8) is 0 Å². The molecule has 0 aliphatic carbocycles. The first kappa shape index (κ1) is 67.2. The number of hydrogen-bond donors (Lipinski definition) is 21. The van der Waals surface area contributed by atoms with E-state index in [9.17, 15) is 107 Å². The molecule has 0 radical (unpaired) electrons. The molecule has 7 rings (SSSR count). The number of ether oxygens (including phenoxy) is 13. The van der Waals surface area contributed by atoms with Gasteiger partial charge in [-0.25, -0.2) is 0 Å². The minimum atomic E-state index is -2.15. The van der Waals surface area contributed by atoms with Gasteiger partial charge in [0.05, 0.1) is 45.2 Å². The van der Waals surface area contributed by atoms with Gasteiger partial charge >= 0.3 is 0 Å². The summed E-state index contributed by atoms with van der Waals surface area (Å²) in [6, 6.07) is -3.61. The largest absolute Gasteiger partial charge is 0.394 e. The number of hydrogen-bond acceptors (Lipinski definition) is 34. The Hall–Kier alpha value is -2.34. The van der Waals surface area contributed by atoms with Crippen molar-refractivity contribution in [1.29, 1.82) is 0 Å². The number of nitrogens with one attached hydrogen (secondary N) is 2. The number of aliphatic hydroxyl groups excluding tert-OH is 19. The van der Waals surface area contributed by atoms with E-state index in [1.165, 1.54) is 13.8 Å². The fourth-order valence-corrected chi connectivity index (χ4v) is 10.5. The number of rotatable bonds is 19. The molecule has 36 nitrogen and oxygen atoms in total. The predicted molar refractivity (Wildman–Crippen MR) is 252 cm³/mol. The molecule has 1 unspecified atom stereocenters. The minimum Gasteiger partial charge on any atom is -0.394 e. The number of amides is 2. The van der Waals surface area contributed by atoms with Crippen molar-refractivity contribution in [3.05, 3.63) is 0 Å². The molecule has 476 valence electrons. The Kier molecular flexibility index (Phi) is 23.5. The highest BCUT2D eigenvalue weighted by Gasteiger charge is 2.58. The van der Waals surface area contributed by atoms with Crippen LogP contribution in [0.15, 0.2) is 0 Å². The van der Waals surface area contributed by atoms with Gasteiger partial charge in [-0.1, -0.05) is 0 Å². The summed E-state index contributed by atoms with van der Waals surface area (Å²) in [5, 5.41) is 208. The van der Waals surface area contributed by atoms with E-state index in [1.54, 1.807) is 0 Å². The van der Waals surface area contributed by atoms with Crippen molar-refractivity contribution in [3.8, 4) is 0 Å². The molecular weight excluding hydrogens is 1120 g/mol. The summed E-state index contributed by atoms with van der Waals surface area (Å²) >= 11 is 0. The van der Waals surface area contributed by atoms with Gasteiger partial charge in [0.2, 0.25) is 11.8 Å². The van der Waals surface area contributed by atoms with E-state index in [1.807, 2.05) is 0 Å². The molecule has 0 saturated carbocycles. The van der Waals surface area contributed by atoms with Crippen molar-refractivity contribution in [2.75, 3.05) is 33.0 Å². The van der Waals surface area contributed by atoms with Crippen molar-refractivity contribution in [2.24, 2.45) is 0 Å². The SMILES string of the molecule is CC(=O)N[C@H]1[C@H](O[C@H]2[C@H](O[C@@H]3O[C@@H](C)[C@@H](O)[C@@H](O)[C@@H]3O)[C@@H](NC(C)=O)C(O)O[C@@H]2CO[C@@H]2O[C@@H](C)[C@@H](O[C@@H]3O[C@H](CO)[C@H](O)[C@H](O)[C@H]3O)[C@@H](O)[C@@H]2O)O[C@H](CO)[C@@H](O[C@@H]2O[C@H](CO[C@H]3O[C@H](CO)[C@@H](O)[C@H](O)[C@@H]3O)[C@@H](O)[C@H](O)[C@@H]2O)[C@@H]1O. The molecule has 7 saturated heterocycles. The average Bonchev–Trinajstić information content (AvgIpc) is 3.43. The van der Waals surface area contributed by atoms with Crippen LogP contribution in [0.4, 0.5) is 0 Å². The van der Waals surface area contributed by atoms with Crippen LogP contribution in [0, 0.1) is 0 Å². The first-order valence-corrected chi connectivity index (χ1v) is 26.3. The molecular formula is C46H78N2O34. The molecule has 36 heteroatoms. The van der Waals surface area contributed by atoms with E-state index >= 15 is 0 Å². The molecule has 7 aliphatic heterocycles. The van der Waals surface area contributed by atoms with Gasteiger partial charge in [-0.3, -0.25) is 9.59 Å². The summed E-state index contributed by atoms with van der Waals surface area (Å²) in [4.78, 5) is 25.7. The Balaban J connectivity index is 1.15. The third-order valence-electron chi connectivity index (χ3n) is 15.2. The highest BCUT2D eigenvalue weighted by Crippen LogP contribution is 2.37. The lowest BCUT2D eigenvalue weighted by Gasteiger charge is -2.51. The van der Waals surface area contributed by atoms with Crippen molar-refractivity contribution in [1.82, 2.24) is 10.6 Å². The van der Waals surface area contributed by atoms with Crippen LogP contribution in [0.3, 0.4) is 0 Å². The van der Waals surface area contributed by atoms with Crippen molar-refractivity contribution in [2.45, 2.75) is 243 Å². The molecule has 2 amide bonds. The summed E-state index contributed by atoms with van der Waals surface area (Å²) in [5.41, 5.74) is 0. The van der Waals surface area contributed by atoms with Crippen molar-refractivity contribution < 1.29 is 168 Å². The highest BCUT2D eigenvalue weighted by atomic mass is 16.8. The van der Waals surface area contributed by atoms with E-state index in [-0.39, 0.29) is 0 Å². The van der Waals surface area contributed by atoms with Crippen LogP contribution < -0.4 is 10.6 Å². The summed E-state index contributed by atoms with van der Waals surface area (Å²) in [5.74, 6) is -1.72. The van der Waals surface area contributed by atoms with Gasteiger partial charge in [0.15, 0.2) is 44.0 Å². The Labute approximate surface area is 465 Å². The van der Waals surface area contributed by atoms with Crippen LogP contribution >= 0.6 is 0 Å². The maximum atomic E-state index is 12.9. The van der Waals surface area contributed by atoms with Gasteiger partial charge in [-0.05, 0) is 13.8 Å². The van der Waals surface area contributed by atoms with Crippen LogP contribution in [0.25, 0.3) is 0 Å². The van der Waals surface area contributed by atoms with E-state index < -0.39 is 260 Å². The van der Waals surface area contributed by atoms with Crippen LogP contribution in [0.2, 0.25) is 0 Å². The van der Waals surface area contributed by atoms with E-state index in [4.69, 9.17) is 61.6 Å². The Morgan fingerprint density at radius 2 is 0.720 bits per heavy atom. The quantitative estimate of drug-likeness (QED) is 0.0571. The lowest BCUT2D eigenvalue weighted by molar-refractivity contribution is -0.380. The first-order valence-electron chi connectivity index (χ1n) is 26.3. The molecule has 0 aromatic rings. The van der Waals surface area contributed by atoms with E-state index in [0.717, 1.165) is 13.8 Å². The van der Waals surface area contributed by atoms with Gasteiger partial charge in [0.25, 0.3) is 0 Å². The van der Waals surface area contributed by atoms with E-state index in [2.05, 4.69) is 10.6 Å². The zero-order valence-corrected chi connectivity index (χ0v) is 44.4. The third kappa shape index (κ3) is 14.5. The van der Waals surface area contributed by atoms with Gasteiger partial charge in [0.1, 0.15) is 159 Å². The van der Waals surface area contributed by atoms with Crippen molar-refractivity contribution >= 4 is 11.8 Å². The fraction of sp³-hybridized carbons (Fsp3) is 0.957. The molecule has 0 spiro atoms. The maximum absolute atomic E-state index is 12.9. The molecule has 0 aromatic carbocycles. The maximum Gasteiger partial charge on any atom is 0.217 e. The van der Waals surface area contributed by atoms with Gasteiger partial charge in [-0.2, -0.15) is 0 Å². The second kappa shape index (κ2) is 28.7. The Morgan fingerprint density at radius 1 is 0.341 bits per heavy atom. The van der Waals surface area contributed by atoms with Gasteiger partial charge < -0.3 is 169 Å². The molecule has 7 aliphatic rings. The van der Waals surface area contributed by atoms with E-state index in [0.29, 0.717) is 0 Å². The molecule has 35 atom stereocenters. The smallest absolute Gasteiger partial charge is 0.217 e. The zero-order chi connectivity index (χ0) is 60.5. The Bertz CT molecular complexity index is 2030. The third-order valence-corrected chi connectivity index (χ3v) is 15.2. The summed E-state index contributed by atoms with van der Waals surface area (Å²) in [7, 11) is 0. The lowest BCUT2D eigenvalue weighted by atomic mass is 9.93. The van der Waals surface area contributed by atoms with Crippen LogP contribution in [-0.2, 0) is 71.2 Å². The Morgan fingerprint density at radius 3 is 1.26 bits per heavy atom. The number of carbonyl (C=O) groups is 2. The molecule has 21 N–H and O–H groups in total. The monoisotopic (exact) mass is 1200 g/mol. The lowest BCUT2D eigenvalue weighted by Crippen LogP contribution is -2.71. The predicted octanol–water partition coefficient (Wildman–Crippen LogP) is -13.9. The summed E-state index contributed by atoms with van der Waals surface area (Å²) in [6.07, 6.45) is -60.5. The zero-order valence-electron chi connectivity index (χ0n) is 44.4. The fourth-order valence-electron chi connectivity index (χ4n) is 10.5. The number of aliphatic hydroxyl groups is 19. The second-order valence-electron chi connectivity index (χ2n) is 21.1. The summed E-state index contributed by atoms with van der Waals surface area (Å²) in [6.45, 7) is 0.218. The molecule has 7 fully saturated rings. The summed E-state index contributed by atoms with van der Waals surface area (Å²) < 4.78 is 75.6. The van der Waals surface area contributed by atoms with Gasteiger partial charge in [0, 0.05) is 13.8 Å². The molecule has 82 heavy (non-hydrogen) atoms. The number of carbonyl (C=O) groups excluding carboxylic acids is 2. The van der Waals surface area contributed by atoms with Gasteiger partial charge in [-0.15, -0.1) is 0 Å². The minimum absolute atomic E-state index is 0.801. The van der Waals surface area contributed by atoms with Crippen LogP contribution in [0.5, 0.6) is 0 Å². The van der Waals surface area contributed by atoms with Crippen LogP contribution in [-0.4, -0.2) is 357 Å². The van der Waals surface area contributed by atoms with Crippen LogP contribution in [0.1, 0.15) is 27.7 Å². The first-order chi connectivity index (χ1) is 38.6. The molecule has 7 heterocycles. The molecule has 0 aromatic heterocycles. The molecule has 0 bridgehead atoms. The normalized spacial score (nSPS) is 51.3. The standard InChI is InChI=1S/C46H78N2O34/c1-10-21(54)26(59)32(65)44(72-10)82-39-20(48-13(4)53)40(69)74-18(9-71-42-35(68)30(63)36(11(2)73-42)79-45-33(66)28(61)23(56)15(6-50)76-45)38(39)81-41-19(47-12(3)52)25(58)37(16(7-51)77-41)80-46-34(67)29(62)24(57)17(78-46)8-70-43-31(64)27(60)22(55)14(5-49)75-43/h10-11,14-46,49-51,54-69H,5-9H2,1-4H3,(H,47,52)(H,48,53)/t10-,11-,14+,15+,16+,17+,18+,19+,20+,21+,22+,23-,24+,25+,26+,27-,28-,29-,30-,31-,32-,33+,34-,35-,36+,37+,38+,39+,40?,41-,42+,43-,44-,45-,46-/m0/s1. The average molecular weight is 1200 g/mol. The highest BCUT2D eigenvalue weighted by molar-refractivity contribution is 5.73. The topological polar surface area (TPSA) is 563 Å². The second-order valence-corrected chi connectivity index (χ2v) is 21.1.